The van der Waals surface area contributed by atoms with E-state index < -0.39 is 0 Å². The number of nitrogens with one attached hydrogen (secondary N) is 1. The van der Waals surface area contributed by atoms with Gasteiger partial charge in [0.05, 0.1) is 0 Å². The van der Waals surface area contributed by atoms with Crippen LogP contribution in [-0.2, 0) is 0 Å². The molecule has 0 bridgehead atoms. The van der Waals surface area contributed by atoms with E-state index in [-0.39, 0.29) is 0 Å². The Morgan fingerprint density at radius 3 is 2.26 bits per heavy atom. The van der Waals surface area contributed by atoms with Gasteiger partial charge in [-0.1, -0.05) is 44.9 Å². The summed E-state index contributed by atoms with van der Waals surface area (Å²) in [5.41, 5.74) is 2.79. The SMILES string of the molecule is CCC(CC)CN(CC)c1ccccc1C(C)NC. The minimum absolute atomic E-state index is 0.395. The number of nitrogens with zero attached hydrogens (tertiary/aromatic N) is 1. The maximum atomic E-state index is 3.36. The lowest BCUT2D eigenvalue weighted by Gasteiger charge is -2.30. The van der Waals surface area contributed by atoms with E-state index in [1.807, 2.05) is 7.05 Å². The minimum atomic E-state index is 0.395. The molecule has 1 aromatic rings. The Morgan fingerprint density at radius 2 is 1.74 bits per heavy atom. The van der Waals surface area contributed by atoms with Gasteiger partial charge in [0.2, 0.25) is 0 Å². The lowest BCUT2D eigenvalue weighted by atomic mass is 10.0. The molecule has 0 heterocycles. The largest absolute Gasteiger partial charge is 0.371 e. The van der Waals surface area contributed by atoms with E-state index in [0.29, 0.717) is 6.04 Å². The van der Waals surface area contributed by atoms with Crippen molar-refractivity contribution in [1.82, 2.24) is 5.32 Å². The van der Waals surface area contributed by atoms with Crippen LogP contribution in [0.4, 0.5) is 5.69 Å². The molecule has 0 saturated carbocycles. The first-order valence-corrected chi connectivity index (χ1v) is 7.68. The molecule has 0 radical (unpaired) electrons. The maximum absolute atomic E-state index is 3.36. The van der Waals surface area contributed by atoms with Gasteiger partial charge in [0.15, 0.2) is 0 Å². The molecule has 0 spiro atoms. The Labute approximate surface area is 119 Å². The van der Waals surface area contributed by atoms with Crippen molar-refractivity contribution < 1.29 is 0 Å². The van der Waals surface area contributed by atoms with E-state index in [4.69, 9.17) is 0 Å². The van der Waals surface area contributed by atoms with Crippen LogP contribution < -0.4 is 10.2 Å². The molecule has 0 aromatic heterocycles. The first-order chi connectivity index (χ1) is 9.17. The summed E-state index contributed by atoms with van der Waals surface area (Å²) in [6.07, 6.45) is 2.52. The zero-order valence-electron chi connectivity index (χ0n) is 13.2. The Balaban J connectivity index is 2.97. The lowest BCUT2D eigenvalue weighted by Crippen LogP contribution is -2.30. The van der Waals surface area contributed by atoms with E-state index in [1.54, 1.807) is 0 Å². The van der Waals surface area contributed by atoms with Gasteiger partial charge in [0, 0.05) is 24.8 Å². The maximum Gasteiger partial charge on any atom is 0.0414 e. The van der Waals surface area contributed by atoms with Crippen molar-refractivity contribution in [2.24, 2.45) is 5.92 Å². The monoisotopic (exact) mass is 262 g/mol. The van der Waals surface area contributed by atoms with Crippen molar-refractivity contribution >= 4 is 5.69 Å². The minimum Gasteiger partial charge on any atom is -0.371 e. The zero-order valence-corrected chi connectivity index (χ0v) is 13.2. The van der Waals surface area contributed by atoms with Gasteiger partial charge in [-0.2, -0.15) is 0 Å². The van der Waals surface area contributed by atoms with Crippen LogP contribution in [0.1, 0.15) is 52.1 Å². The van der Waals surface area contributed by atoms with E-state index in [2.05, 4.69) is 62.2 Å². The molecule has 19 heavy (non-hydrogen) atoms. The number of hydrogen-bond donors (Lipinski definition) is 1. The number of para-hydroxylation sites is 1. The fourth-order valence-electron chi connectivity index (χ4n) is 2.55. The number of anilines is 1. The van der Waals surface area contributed by atoms with E-state index in [1.165, 1.54) is 24.1 Å². The van der Waals surface area contributed by atoms with Crippen LogP contribution in [0, 0.1) is 5.92 Å². The van der Waals surface area contributed by atoms with Gasteiger partial charge in [0.1, 0.15) is 0 Å². The molecule has 1 N–H and O–H groups in total. The van der Waals surface area contributed by atoms with Crippen molar-refractivity contribution in [3.8, 4) is 0 Å². The average molecular weight is 262 g/mol. The molecular formula is C17H30N2. The summed E-state index contributed by atoms with van der Waals surface area (Å²) in [6.45, 7) is 11.3. The van der Waals surface area contributed by atoms with Crippen LogP contribution in [0.5, 0.6) is 0 Å². The second kappa shape index (κ2) is 8.21. The third-order valence-electron chi connectivity index (χ3n) is 4.19. The number of hydrogen-bond acceptors (Lipinski definition) is 2. The predicted molar refractivity (Wildman–Crippen MR) is 85.9 cm³/mol. The molecule has 0 aliphatic heterocycles. The summed E-state index contributed by atoms with van der Waals surface area (Å²) in [4.78, 5) is 2.53. The highest BCUT2D eigenvalue weighted by atomic mass is 15.1. The summed E-state index contributed by atoms with van der Waals surface area (Å²) < 4.78 is 0. The zero-order chi connectivity index (χ0) is 14.3. The second-order valence-electron chi connectivity index (χ2n) is 5.29. The van der Waals surface area contributed by atoms with Gasteiger partial charge in [-0.3, -0.25) is 0 Å². The molecule has 108 valence electrons. The quantitative estimate of drug-likeness (QED) is 0.754. The highest BCUT2D eigenvalue weighted by Gasteiger charge is 2.15. The van der Waals surface area contributed by atoms with Crippen LogP contribution in [0.2, 0.25) is 0 Å². The molecule has 1 atom stereocenters. The standard InChI is InChI=1S/C17H30N2/c1-6-15(7-2)13-19(8-3)17-12-10-9-11-16(17)14(4)18-5/h9-12,14-15,18H,6-8,13H2,1-5H3. The molecule has 1 aromatic carbocycles. The van der Waals surface area contributed by atoms with Gasteiger partial charge in [-0.05, 0) is 38.4 Å². The highest BCUT2D eigenvalue weighted by molar-refractivity contribution is 5.55. The van der Waals surface area contributed by atoms with Gasteiger partial charge in [-0.15, -0.1) is 0 Å². The Morgan fingerprint density at radius 1 is 1.11 bits per heavy atom. The molecule has 0 amide bonds. The second-order valence-corrected chi connectivity index (χ2v) is 5.29. The van der Waals surface area contributed by atoms with Gasteiger partial charge in [0.25, 0.3) is 0 Å². The predicted octanol–water partition coefficient (Wildman–Crippen LogP) is 4.23. The van der Waals surface area contributed by atoms with Crippen LogP contribution >= 0.6 is 0 Å². The third kappa shape index (κ3) is 4.24. The Bertz CT molecular complexity index is 358. The summed E-state index contributed by atoms with van der Waals surface area (Å²) in [5.74, 6) is 0.790. The fourth-order valence-corrected chi connectivity index (χ4v) is 2.55. The van der Waals surface area contributed by atoms with Crippen molar-refractivity contribution in [3.05, 3.63) is 29.8 Å². The molecule has 0 fully saturated rings. The summed E-state index contributed by atoms with van der Waals surface area (Å²) >= 11 is 0. The van der Waals surface area contributed by atoms with Crippen molar-refractivity contribution in [1.29, 1.82) is 0 Å². The van der Waals surface area contributed by atoms with Crippen LogP contribution in [0.15, 0.2) is 24.3 Å². The molecule has 0 saturated heterocycles. The van der Waals surface area contributed by atoms with Crippen LogP contribution in [0.3, 0.4) is 0 Å². The number of benzene rings is 1. The van der Waals surface area contributed by atoms with Gasteiger partial charge >= 0.3 is 0 Å². The molecule has 2 nitrogen and oxygen atoms in total. The number of rotatable bonds is 8. The molecule has 0 aliphatic rings. The highest BCUT2D eigenvalue weighted by Crippen LogP contribution is 2.27. The topological polar surface area (TPSA) is 15.3 Å². The first kappa shape index (κ1) is 16.0. The van der Waals surface area contributed by atoms with E-state index >= 15 is 0 Å². The van der Waals surface area contributed by atoms with E-state index in [0.717, 1.165) is 19.0 Å². The van der Waals surface area contributed by atoms with Gasteiger partial charge < -0.3 is 10.2 Å². The molecule has 1 unspecified atom stereocenters. The molecular weight excluding hydrogens is 232 g/mol. The lowest BCUT2D eigenvalue weighted by molar-refractivity contribution is 0.484. The van der Waals surface area contributed by atoms with Crippen molar-refractivity contribution in [3.63, 3.8) is 0 Å². The normalized spacial score (nSPS) is 12.7. The summed E-state index contributed by atoms with van der Waals surface area (Å²) in [6, 6.07) is 9.18. The summed E-state index contributed by atoms with van der Waals surface area (Å²) in [5, 5.41) is 3.36. The smallest absolute Gasteiger partial charge is 0.0414 e. The van der Waals surface area contributed by atoms with Crippen LogP contribution in [-0.4, -0.2) is 20.1 Å². The molecule has 0 aliphatic carbocycles. The molecule has 2 heteroatoms. The third-order valence-corrected chi connectivity index (χ3v) is 4.19. The van der Waals surface area contributed by atoms with Crippen molar-refractivity contribution in [2.45, 2.75) is 46.6 Å². The average Bonchev–Trinajstić information content (AvgIpc) is 2.48. The van der Waals surface area contributed by atoms with E-state index in [9.17, 15) is 0 Å². The van der Waals surface area contributed by atoms with Crippen LogP contribution in [0.25, 0.3) is 0 Å². The van der Waals surface area contributed by atoms with Crippen molar-refractivity contribution in [2.75, 3.05) is 25.0 Å². The first-order valence-electron chi connectivity index (χ1n) is 7.68. The molecule has 1 rings (SSSR count). The Hall–Kier alpha value is -1.02. The summed E-state index contributed by atoms with van der Waals surface area (Å²) in [7, 11) is 2.03. The fraction of sp³-hybridized carbons (Fsp3) is 0.647. The van der Waals surface area contributed by atoms with Gasteiger partial charge in [-0.25, -0.2) is 0 Å². The Kier molecular flexibility index (Phi) is 6.93.